The van der Waals surface area contributed by atoms with Gasteiger partial charge in [0.05, 0.1) is 12.0 Å². The zero-order valence-electron chi connectivity index (χ0n) is 12.4. The highest BCUT2D eigenvalue weighted by atomic mass is 35.5. The third-order valence-electron chi connectivity index (χ3n) is 3.71. The second-order valence-electron chi connectivity index (χ2n) is 5.52. The number of amides is 3. The molecule has 1 saturated carbocycles. The molecule has 1 aliphatic carbocycles. The highest BCUT2D eigenvalue weighted by Crippen LogP contribution is 2.45. The smallest absolute Gasteiger partial charge is 0.315 e. The minimum atomic E-state index is -0.897. The molecular weight excluding hydrogens is 322 g/mol. The van der Waals surface area contributed by atoms with Gasteiger partial charge in [-0.25, -0.2) is 4.79 Å². The molecule has 0 heterocycles. The fourth-order valence-corrected chi connectivity index (χ4v) is 2.08. The number of carbonyl (C=O) groups excluding carboxylic acids is 2. The van der Waals surface area contributed by atoms with Gasteiger partial charge in [-0.1, -0.05) is 23.7 Å². The molecule has 1 aromatic rings. The average Bonchev–Trinajstić information content (AvgIpc) is 3.31. The van der Waals surface area contributed by atoms with Gasteiger partial charge >= 0.3 is 12.0 Å². The van der Waals surface area contributed by atoms with Crippen molar-refractivity contribution < 1.29 is 19.5 Å². The van der Waals surface area contributed by atoms with E-state index >= 15 is 0 Å². The highest BCUT2D eigenvalue weighted by Gasteiger charge is 2.50. The second kappa shape index (κ2) is 7.32. The average molecular weight is 340 g/mol. The quantitative estimate of drug-likeness (QED) is 0.597. The molecule has 1 aliphatic rings. The van der Waals surface area contributed by atoms with Crippen molar-refractivity contribution in [3.8, 4) is 0 Å². The van der Waals surface area contributed by atoms with Crippen LogP contribution in [0.3, 0.4) is 0 Å². The first-order chi connectivity index (χ1) is 10.9. The molecule has 1 fully saturated rings. The maximum atomic E-state index is 11.6. The number of benzene rings is 1. The van der Waals surface area contributed by atoms with Crippen LogP contribution in [-0.4, -0.2) is 36.1 Å². The lowest BCUT2D eigenvalue weighted by Gasteiger charge is -2.12. The number of rotatable bonds is 7. The summed E-state index contributed by atoms with van der Waals surface area (Å²) in [5.74, 6) is -1.31. The monoisotopic (exact) mass is 339 g/mol. The third-order valence-corrected chi connectivity index (χ3v) is 3.96. The van der Waals surface area contributed by atoms with Gasteiger partial charge in [-0.05, 0) is 30.5 Å². The molecule has 4 N–H and O–H groups in total. The normalized spacial score (nSPS) is 14.7. The van der Waals surface area contributed by atoms with Crippen molar-refractivity contribution in [2.75, 3.05) is 13.1 Å². The Balaban J connectivity index is 1.63. The van der Waals surface area contributed by atoms with E-state index in [1.807, 2.05) is 0 Å². The molecule has 124 valence electrons. The lowest BCUT2D eigenvalue weighted by atomic mass is 10.1. The number of aliphatic carboxylic acids is 1. The molecule has 1 aromatic carbocycles. The van der Waals surface area contributed by atoms with Crippen molar-refractivity contribution in [3.05, 3.63) is 34.9 Å². The van der Waals surface area contributed by atoms with Crippen molar-refractivity contribution in [2.24, 2.45) is 5.41 Å². The molecule has 0 unspecified atom stereocenters. The van der Waals surface area contributed by atoms with Gasteiger partial charge in [0.2, 0.25) is 5.91 Å². The van der Waals surface area contributed by atoms with E-state index in [2.05, 4.69) is 16.0 Å². The summed E-state index contributed by atoms with van der Waals surface area (Å²) in [4.78, 5) is 34.1. The minimum Gasteiger partial charge on any atom is -0.481 e. The highest BCUT2D eigenvalue weighted by molar-refractivity contribution is 6.30. The molecule has 0 aliphatic heterocycles. The van der Waals surface area contributed by atoms with Crippen LogP contribution in [0.25, 0.3) is 0 Å². The molecule has 0 saturated heterocycles. The van der Waals surface area contributed by atoms with Crippen molar-refractivity contribution in [1.29, 1.82) is 0 Å². The number of hydrogen-bond donors (Lipinski definition) is 4. The summed E-state index contributed by atoms with van der Waals surface area (Å²) >= 11 is 5.76. The van der Waals surface area contributed by atoms with Gasteiger partial charge in [0.15, 0.2) is 0 Å². The van der Waals surface area contributed by atoms with E-state index in [0.29, 0.717) is 24.4 Å². The van der Waals surface area contributed by atoms with Crippen LogP contribution in [0.15, 0.2) is 24.3 Å². The first-order valence-corrected chi connectivity index (χ1v) is 7.55. The summed E-state index contributed by atoms with van der Waals surface area (Å²) in [6, 6.07) is 6.54. The Bertz CT molecular complexity index is 599. The fraction of sp³-hybridized carbons (Fsp3) is 0.400. The number of carbonyl (C=O) groups is 3. The molecule has 2 rings (SSSR count). The molecule has 23 heavy (non-hydrogen) atoms. The molecule has 0 radical (unpaired) electrons. The summed E-state index contributed by atoms with van der Waals surface area (Å²) in [5, 5.41) is 17.2. The Labute approximate surface area is 138 Å². The fourth-order valence-electron chi connectivity index (χ4n) is 1.96. The van der Waals surface area contributed by atoms with E-state index in [1.54, 1.807) is 24.3 Å². The van der Waals surface area contributed by atoms with Crippen LogP contribution in [0.1, 0.15) is 18.4 Å². The van der Waals surface area contributed by atoms with Crippen LogP contribution < -0.4 is 16.0 Å². The van der Waals surface area contributed by atoms with Crippen molar-refractivity contribution in [1.82, 2.24) is 16.0 Å². The summed E-state index contributed by atoms with van der Waals surface area (Å²) in [6.45, 7) is 0.199. The summed E-state index contributed by atoms with van der Waals surface area (Å²) in [5.41, 5.74) is 0.0677. The summed E-state index contributed by atoms with van der Waals surface area (Å²) < 4.78 is 0. The molecule has 0 aromatic heterocycles. The van der Waals surface area contributed by atoms with Crippen molar-refractivity contribution in [3.63, 3.8) is 0 Å². The van der Waals surface area contributed by atoms with Gasteiger partial charge in [-0.3, -0.25) is 9.59 Å². The summed E-state index contributed by atoms with van der Waals surface area (Å²) in [6.07, 6.45) is 1.13. The lowest BCUT2D eigenvalue weighted by molar-refractivity contribution is -0.143. The first kappa shape index (κ1) is 17.1. The standard InChI is InChI=1S/C15H18ClN3O4/c16-11-3-1-10(2-4-11)7-17-14(23)18-8-12(20)19-9-15(5-6-15)13(21)22/h1-4H,5-9H2,(H,19,20)(H,21,22)(H2,17,18,23). The molecule has 0 bridgehead atoms. The zero-order chi connectivity index (χ0) is 16.9. The van der Waals surface area contributed by atoms with Gasteiger partial charge < -0.3 is 21.1 Å². The van der Waals surface area contributed by atoms with Gasteiger partial charge in [0.25, 0.3) is 0 Å². The largest absolute Gasteiger partial charge is 0.481 e. The Morgan fingerprint density at radius 1 is 1.09 bits per heavy atom. The number of hydrogen-bond acceptors (Lipinski definition) is 3. The van der Waals surface area contributed by atoms with Crippen LogP contribution in [0.5, 0.6) is 0 Å². The third kappa shape index (κ3) is 5.14. The minimum absolute atomic E-state index is 0.0925. The predicted molar refractivity (Wildman–Crippen MR) is 84.0 cm³/mol. The van der Waals surface area contributed by atoms with Gasteiger partial charge in [-0.15, -0.1) is 0 Å². The SMILES string of the molecule is O=C(CNC(=O)NCc1ccc(Cl)cc1)NCC1(C(=O)O)CC1. The molecule has 8 heteroatoms. The van der Waals surface area contributed by atoms with Gasteiger partial charge in [0, 0.05) is 18.1 Å². The number of halogens is 1. The summed E-state index contributed by atoms with van der Waals surface area (Å²) in [7, 11) is 0. The maximum Gasteiger partial charge on any atom is 0.315 e. The van der Waals surface area contributed by atoms with E-state index in [1.165, 1.54) is 0 Å². The van der Waals surface area contributed by atoms with Crippen molar-refractivity contribution >= 4 is 29.5 Å². The van der Waals surface area contributed by atoms with E-state index < -0.39 is 23.3 Å². The number of nitrogens with one attached hydrogen (secondary N) is 3. The Morgan fingerprint density at radius 2 is 1.74 bits per heavy atom. The lowest BCUT2D eigenvalue weighted by Crippen LogP contribution is -2.43. The van der Waals surface area contributed by atoms with Gasteiger partial charge in [0.1, 0.15) is 0 Å². The number of carboxylic acids is 1. The van der Waals surface area contributed by atoms with E-state index in [9.17, 15) is 14.4 Å². The topological polar surface area (TPSA) is 108 Å². The molecule has 0 atom stereocenters. The Hall–Kier alpha value is -2.28. The molecular formula is C15H18ClN3O4. The Morgan fingerprint density at radius 3 is 2.30 bits per heavy atom. The molecule has 7 nitrogen and oxygen atoms in total. The predicted octanol–water partition coefficient (Wildman–Crippen LogP) is 1.12. The van der Waals surface area contributed by atoms with Crippen molar-refractivity contribution in [2.45, 2.75) is 19.4 Å². The number of urea groups is 1. The molecule has 0 spiro atoms. The second-order valence-corrected chi connectivity index (χ2v) is 5.96. The maximum absolute atomic E-state index is 11.6. The van der Waals surface area contributed by atoms with E-state index in [-0.39, 0.29) is 13.1 Å². The van der Waals surface area contributed by atoms with E-state index in [0.717, 1.165) is 5.56 Å². The number of carboxylic acid groups (broad SMARTS) is 1. The van der Waals surface area contributed by atoms with E-state index in [4.69, 9.17) is 16.7 Å². The molecule has 3 amide bonds. The van der Waals surface area contributed by atoms with Gasteiger partial charge in [-0.2, -0.15) is 0 Å². The first-order valence-electron chi connectivity index (χ1n) is 7.17. The van der Waals surface area contributed by atoms with Crippen LogP contribution in [-0.2, 0) is 16.1 Å². The zero-order valence-corrected chi connectivity index (χ0v) is 13.2. The van der Waals surface area contributed by atoms with Crippen LogP contribution in [0.4, 0.5) is 4.79 Å². The van der Waals surface area contributed by atoms with Crippen LogP contribution in [0.2, 0.25) is 5.02 Å². The van der Waals surface area contributed by atoms with Crippen LogP contribution in [0, 0.1) is 5.41 Å². The Kier molecular flexibility index (Phi) is 5.44. The van der Waals surface area contributed by atoms with Crippen LogP contribution >= 0.6 is 11.6 Å².